The highest BCUT2D eigenvalue weighted by molar-refractivity contribution is 9.10. The summed E-state index contributed by atoms with van der Waals surface area (Å²) in [4.78, 5) is 3.82. The Morgan fingerprint density at radius 3 is 2.81 bits per heavy atom. The Bertz CT molecular complexity index is 1180. The second-order valence-electron chi connectivity index (χ2n) is 8.36. The van der Waals surface area contributed by atoms with Gasteiger partial charge in [0.15, 0.2) is 0 Å². The van der Waals surface area contributed by atoms with Gasteiger partial charge in [0.2, 0.25) is 0 Å². The van der Waals surface area contributed by atoms with Crippen LogP contribution in [0.15, 0.2) is 46.3 Å². The fourth-order valence-corrected chi connectivity index (χ4v) is 7.18. The van der Waals surface area contributed by atoms with Crippen molar-refractivity contribution in [2.24, 2.45) is 0 Å². The Morgan fingerprint density at radius 1 is 1.16 bits per heavy atom. The average molecular weight is 499 g/mol. The molecule has 2 N–H and O–H groups in total. The van der Waals surface area contributed by atoms with Gasteiger partial charge in [-0.25, -0.2) is 0 Å². The van der Waals surface area contributed by atoms with Crippen molar-refractivity contribution in [3.05, 3.63) is 67.8 Å². The molecule has 7 heteroatoms. The summed E-state index contributed by atoms with van der Waals surface area (Å²) in [5.41, 5.74) is 6.07. The summed E-state index contributed by atoms with van der Waals surface area (Å²) < 4.78 is 12.6. The number of thiophene rings is 1. The van der Waals surface area contributed by atoms with E-state index in [0.29, 0.717) is 0 Å². The van der Waals surface area contributed by atoms with Crippen LogP contribution in [-0.4, -0.2) is 32.5 Å². The highest BCUT2D eigenvalue weighted by Crippen LogP contribution is 2.63. The standard InChI is InChI=1S/C24H23BrN2O3S/c1-29-14-8-18-21(19(9-14)30-2)22-20(16-4-3-13(25)7-17(16)26-22)23-24-15(5-6-31-24)12(11-28)10-27(18)23/h3-9,12,20,22-23,26,28H,10-11H2,1-2H3/t12-,20+,22-,23-/m1/s1. The fraction of sp³-hybridized carbons (Fsp3) is 0.333. The van der Waals surface area contributed by atoms with Gasteiger partial charge in [-0.3, -0.25) is 0 Å². The molecule has 0 aliphatic carbocycles. The van der Waals surface area contributed by atoms with E-state index in [-0.39, 0.29) is 30.5 Å². The van der Waals surface area contributed by atoms with Gasteiger partial charge >= 0.3 is 0 Å². The summed E-state index contributed by atoms with van der Waals surface area (Å²) in [7, 11) is 3.41. The minimum atomic E-state index is 0.0952. The summed E-state index contributed by atoms with van der Waals surface area (Å²) >= 11 is 5.43. The molecule has 3 aliphatic heterocycles. The summed E-state index contributed by atoms with van der Waals surface area (Å²) in [5, 5.41) is 16.2. The van der Waals surface area contributed by atoms with Crippen molar-refractivity contribution < 1.29 is 14.6 Å². The predicted octanol–water partition coefficient (Wildman–Crippen LogP) is 5.43. The van der Waals surface area contributed by atoms with Crippen LogP contribution in [0.25, 0.3) is 0 Å². The number of rotatable bonds is 3. The fourth-order valence-electron chi connectivity index (χ4n) is 5.67. The van der Waals surface area contributed by atoms with E-state index >= 15 is 0 Å². The monoisotopic (exact) mass is 498 g/mol. The van der Waals surface area contributed by atoms with Gasteiger partial charge < -0.3 is 24.8 Å². The number of nitrogens with zero attached hydrogens (tertiary/aromatic N) is 1. The number of ether oxygens (including phenoxy) is 2. The quantitative estimate of drug-likeness (QED) is 0.504. The van der Waals surface area contributed by atoms with Gasteiger partial charge in [-0.15, -0.1) is 11.3 Å². The minimum Gasteiger partial charge on any atom is -0.497 e. The molecule has 3 aliphatic rings. The molecule has 1 aromatic heterocycles. The van der Waals surface area contributed by atoms with Gasteiger partial charge in [-0.1, -0.05) is 22.0 Å². The van der Waals surface area contributed by atoms with Crippen molar-refractivity contribution >= 4 is 38.6 Å². The third-order valence-electron chi connectivity index (χ3n) is 6.96. The van der Waals surface area contributed by atoms with Crippen molar-refractivity contribution in [3.8, 4) is 11.5 Å². The molecule has 0 bridgehead atoms. The van der Waals surface area contributed by atoms with Crippen LogP contribution in [0.5, 0.6) is 11.5 Å². The highest BCUT2D eigenvalue weighted by atomic mass is 79.9. The molecular formula is C24H23BrN2O3S. The second kappa shape index (κ2) is 7.15. The normalized spacial score (nSPS) is 25.0. The SMILES string of the molecule is COc1cc(OC)c2c(c1)N1C[C@H](CO)c3ccsc3[C@H]1[C@H]1c3ccc(Br)cc3N[C@@H]21. The van der Waals surface area contributed by atoms with E-state index in [4.69, 9.17) is 9.47 Å². The predicted molar refractivity (Wildman–Crippen MR) is 127 cm³/mol. The lowest BCUT2D eigenvalue weighted by Gasteiger charge is -2.49. The number of aliphatic hydroxyl groups excluding tert-OH is 1. The lowest BCUT2D eigenvalue weighted by atomic mass is 9.74. The van der Waals surface area contributed by atoms with Crippen LogP contribution in [0, 0.1) is 0 Å². The maximum atomic E-state index is 10.2. The number of aliphatic hydroxyl groups is 1. The van der Waals surface area contributed by atoms with Crippen LogP contribution in [0.3, 0.4) is 0 Å². The lowest BCUT2D eigenvalue weighted by Crippen LogP contribution is -2.45. The summed E-state index contributed by atoms with van der Waals surface area (Å²) in [6.45, 7) is 0.905. The van der Waals surface area contributed by atoms with Crippen molar-refractivity contribution in [3.63, 3.8) is 0 Å². The molecule has 0 radical (unpaired) electrons. The number of hydrogen-bond acceptors (Lipinski definition) is 6. The molecule has 0 saturated heterocycles. The summed E-state index contributed by atoms with van der Waals surface area (Å²) in [5.74, 6) is 1.95. The number of anilines is 2. The number of fused-ring (bicyclic) bond motifs is 10. The number of nitrogens with one attached hydrogen (secondary N) is 1. The summed E-state index contributed by atoms with van der Waals surface area (Å²) in [6, 6.07) is 13.1. The third kappa shape index (κ3) is 2.69. The van der Waals surface area contributed by atoms with E-state index in [9.17, 15) is 5.11 Å². The molecule has 31 heavy (non-hydrogen) atoms. The zero-order valence-corrected chi connectivity index (χ0v) is 19.7. The van der Waals surface area contributed by atoms with Gasteiger partial charge in [0.05, 0.1) is 32.9 Å². The maximum absolute atomic E-state index is 10.2. The topological polar surface area (TPSA) is 54.0 Å². The van der Waals surface area contributed by atoms with Crippen LogP contribution in [0.1, 0.15) is 45.5 Å². The molecule has 2 aromatic carbocycles. The molecule has 4 atom stereocenters. The van der Waals surface area contributed by atoms with Crippen molar-refractivity contribution in [1.29, 1.82) is 0 Å². The minimum absolute atomic E-state index is 0.0952. The van der Waals surface area contributed by atoms with E-state index < -0.39 is 0 Å². The van der Waals surface area contributed by atoms with E-state index in [2.05, 4.69) is 61.9 Å². The largest absolute Gasteiger partial charge is 0.497 e. The van der Waals surface area contributed by atoms with E-state index in [1.165, 1.54) is 16.0 Å². The molecule has 160 valence electrons. The number of hydrogen-bond donors (Lipinski definition) is 2. The van der Waals surface area contributed by atoms with E-state index in [0.717, 1.165) is 39.5 Å². The Labute approximate surface area is 193 Å². The van der Waals surface area contributed by atoms with Crippen molar-refractivity contribution in [2.45, 2.75) is 23.9 Å². The van der Waals surface area contributed by atoms with Gasteiger partial charge in [0.1, 0.15) is 11.5 Å². The number of halogens is 1. The zero-order valence-electron chi connectivity index (χ0n) is 17.3. The molecule has 0 amide bonds. The van der Waals surface area contributed by atoms with Gasteiger partial charge in [0, 0.05) is 56.8 Å². The van der Waals surface area contributed by atoms with Crippen LogP contribution >= 0.6 is 27.3 Å². The first kappa shape index (κ1) is 19.5. The Morgan fingerprint density at radius 2 is 2.03 bits per heavy atom. The second-order valence-corrected chi connectivity index (χ2v) is 10.2. The first-order valence-electron chi connectivity index (χ1n) is 10.4. The number of benzene rings is 2. The molecule has 3 aromatic rings. The van der Waals surface area contributed by atoms with Crippen LogP contribution in [-0.2, 0) is 0 Å². The average Bonchev–Trinajstić information content (AvgIpc) is 3.42. The molecule has 0 fully saturated rings. The molecule has 5 nitrogen and oxygen atoms in total. The van der Waals surface area contributed by atoms with Gasteiger partial charge in [0.25, 0.3) is 0 Å². The van der Waals surface area contributed by atoms with E-state index in [1.54, 1.807) is 25.6 Å². The van der Waals surface area contributed by atoms with Crippen LogP contribution < -0.4 is 19.7 Å². The van der Waals surface area contributed by atoms with Crippen LogP contribution in [0.4, 0.5) is 11.4 Å². The van der Waals surface area contributed by atoms with E-state index in [1.807, 2.05) is 6.07 Å². The summed E-state index contributed by atoms with van der Waals surface area (Å²) in [6.07, 6.45) is 0. The Kier molecular flexibility index (Phi) is 4.49. The van der Waals surface area contributed by atoms with Crippen molar-refractivity contribution in [2.75, 3.05) is 37.6 Å². The molecule has 0 unspecified atom stereocenters. The number of methoxy groups -OCH3 is 2. The smallest absolute Gasteiger partial charge is 0.129 e. The molecular weight excluding hydrogens is 476 g/mol. The van der Waals surface area contributed by atoms with Crippen molar-refractivity contribution in [1.82, 2.24) is 0 Å². The Balaban J connectivity index is 1.64. The zero-order chi connectivity index (χ0) is 21.3. The highest BCUT2D eigenvalue weighted by Gasteiger charge is 2.51. The lowest BCUT2D eigenvalue weighted by molar-refractivity contribution is 0.254. The first-order valence-corrected chi connectivity index (χ1v) is 12.1. The third-order valence-corrected chi connectivity index (χ3v) is 8.46. The molecule has 0 saturated carbocycles. The molecule has 4 heterocycles. The maximum Gasteiger partial charge on any atom is 0.129 e. The molecule has 6 rings (SSSR count). The first-order chi connectivity index (χ1) is 15.1. The van der Waals surface area contributed by atoms with Gasteiger partial charge in [-0.05, 0) is 34.7 Å². The van der Waals surface area contributed by atoms with Gasteiger partial charge in [-0.2, -0.15) is 0 Å². The van der Waals surface area contributed by atoms with Crippen LogP contribution in [0.2, 0.25) is 0 Å². The molecule has 0 spiro atoms. The Hall–Kier alpha value is -2.22.